The highest BCUT2D eigenvalue weighted by Gasteiger charge is 2.16. The molecule has 3 N–H and O–H groups in total. The number of pyridine rings is 1. The fraction of sp³-hybridized carbons (Fsp3) is 0.333. The maximum absolute atomic E-state index is 12.9. The van der Waals surface area contributed by atoms with Crippen LogP contribution in [0.3, 0.4) is 0 Å². The number of anilines is 2. The van der Waals surface area contributed by atoms with Crippen molar-refractivity contribution in [2.75, 3.05) is 36.8 Å². The number of halogens is 1. The Balaban J connectivity index is 1.39. The van der Waals surface area contributed by atoms with E-state index in [2.05, 4.69) is 25.8 Å². The number of nitrogens with one attached hydrogen (secondary N) is 3. The van der Waals surface area contributed by atoms with E-state index >= 15 is 0 Å². The summed E-state index contributed by atoms with van der Waals surface area (Å²) in [4.78, 5) is 19.9. The van der Waals surface area contributed by atoms with Crippen LogP contribution in [0.25, 0.3) is 0 Å². The summed E-state index contributed by atoms with van der Waals surface area (Å²) >= 11 is 6.38. The maximum atomic E-state index is 12.9. The Labute approximate surface area is 188 Å². The SMILES string of the molecule is Cc1nc(NCCN2CCCC2)ccc1C(=O)Nc1ccc(Cl)c(C2C=CC=CN2)c1. The molecule has 0 spiro atoms. The summed E-state index contributed by atoms with van der Waals surface area (Å²) in [6, 6.07) is 9.18. The number of likely N-dealkylation sites (tertiary alicyclic amines) is 1. The number of benzene rings is 1. The molecule has 0 radical (unpaired) electrons. The van der Waals surface area contributed by atoms with Crippen LogP contribution in [0.2, 0.25) is 5.02 Å². The number of aryl methyl sites for hydroxylation is 1. The molecule has 2 aromatic rings. The van der Waals surface area contributed by atoms with E-state index in [0.717, 1.165) is 24.5 Å². The Morgan fingerprint density at radius 1 is 1.23 bits per heavy atom. The monoisotopic (exact) mass is 437 g/mol. The molecule has 0 bridgehead atoms. The summed E-state index contributed by atoms with van der Waals surface area (Å²) in [5, 5.41) is 10.2. The van der Waals surface area contributed by atoms with Gasteiger partial charge in [-0.25, -0.2) is 4.98 Å². The van der Waals surface area contributed by atoms with Crippen LogP contribution >= 0.6 is 11.6 Å². The molecule has 1 amide bonds. The van der Waals surface area contributed by atoms with Crippen LogP contribution in [-0.4, -0.2) is 42.0 Å². The summed E-state index contributed by atoms with van der Waals surface area (Å²) in [5.74, 6) is 0.610. The molecule has 0 saturated carbocycles. The molecule has 2 aliphatic heterocycles. The van der Waals surface area contributed by atoms with E-state index in [1.807, 2.05) is 55.6 Å². The fourth-order valence-electron chi connectivity index (χ4n) is 3.95. The third-order valence-electron chi connectivity index (χ3n) is 5.64. The summed E-state index contributed by atoms with van der Waals surface area (Å²) < 4.78 is 0. The molecule has 6 nitrogen and oxygen atoms in total. The van der Waals surface area contributed by atoms with Gasteiger partial charge in [0.1, 0.15) is 5.82 Å². The second-order valence-electron chi connectivity index (χ2n) is 7.88. The molecule has 1 fully saturated rings. The van der Waals surface area contributed by atoms with Crippen LogP contribution in [0.4, 0.5) is 11.5 Å². The van der Waals surface area contributed by atoms with Gasteiger partial charge in [0.05, 0.1) is 17.3 Å². The number of amides is 1. The number of dihydropyridines is 1. The summed E-state index contributed by atoms with van der Waals surface area (Å²) in [6.45, 7) is 6.09. The number of aromatic nitrogens is 1. The van der Waals surface area contributed by atoms with Crippen LogP contribution < -0.4 is 16.0 Å². The third kappa shape index (κ3) is 5.46. The van der Waals surface area contributed by atoms with Crippen LogP contribution in [0, 0.1) is 6.92 Å². The van der Waals surface area contributed by atoms with Gasteiger partial charge in [-0.3, -0.25) is 4.79 Å². The van der Waals surface area contributed by atoms with Gasteiger partial charge in [0, 0.05) is 23.8 Å². The predicted octanol–water partition coefficient (Wildman–Crippen LogP) is 4.52. The van der Waals surface area contributed by atoms with Crippen molar-refractivity contribution in [3.8, 4) is 0 Å². The van der Waals surface area contributed by atoms with E-state index in [4.69, 9.17) is 11.6 Å². The van der Waals surface area contributed by atoms with E-state index in [9.17, 15) is 4.79 Å². The number of rotatable bonds is 7. The lowest BCUT2D eigenvalue weighted by atomic mass is 10.0. The molecule has 162 valence electrons. The first-order valence-corrected chi connectivity index (χ1v) is 11.1. The summed E-state index contributed by atoms with van der Waals surface area (Å²) in [7, 11) is 0. The Morgan fingerprint density at radius 2 is 2.06 bits per heavy atom. The van der Waals surface area contributed by atoms with Gasteiger partial charge in [-0.15, -0.1) is 0 Å². The lowest BCUT2D eigenvalue weighted by Crippen LogP contribution is -2.26. The number of carbonyl (C=O) groups excluding carboxylic acids is 1. The number of hydrogen-bond donors (Lipinski definition) is 3. The Morgan fingerprint density at radius 3 is 2.81 bits per heavy atom. The highest BCUT2D eigenvalue weighted by molar-refractivity contribution is 6.31. The van der Waals surface area contributed by atoms with E-state index in [-0.39, 0.29) is 11.9 Å². The van der Waals surface area contributed by atoms with Crippen LogP contribution in [0.15, 0.2) is 54.8 Å². The molecule has 2 aliphatic rings. The zero-order chi connectivity index (χ0) is 21.6. The second-order valence-corrected chi connectivity index (χ2v) is 8.29. The number of carbonyl (C=O) groups is 1. The summed E-state index contributed by atoms with van der Waals surface area (Å²) in [6.07, 6.45) is 10.4. The van der Waals surface area contributed by atoms with Gasteiger partial charge in [-0.2, -0.15) is 0 Å². The molecule has 1 unspecified atom stereocenters. The molecule has 0 aliphatic carbocycles. The predicted molar refractivity (Wildman–Crippen MR) is 127 cm³/mol. The van der Waals surface area contributed by atoms with Crippen molar-refractivity contribution in [3.63, 3.8) is 0 Å². The van der Waals surface area contributed by atoms with E-state index in [1.54, 1.807) is 6.07 Å². The molecule has 1 aromatic carbocycles. The van der Waals surface area contributed by atoms with Crippen molar-refractivity contribution >= 4 is 29.0 Å². The molecule has 7 heteroatoms. The Hall–Kier alpha value is -2.83. The quantitative estimate of drug-likeness (QED) is 0.594. The van der Waals surface area contributed by atoms with Gasteiger partial charge in [-0.1, -0.05) is 23.8 Å². The molecule has 1 saturated heterocycles. The molecule has 1 aromatic heterocycles. The van der Waals surface area contributed by atoms with Crippen molar-refractivity contribution in [2.24, 2.45) is 0 Å². The largest absolute Gasteiger partial charge is 0.381 e. The first-order chi connectivity index (χ1) is 15.1. The highest BCUT2D eigenvalue weighted by atomic mass is 35.5. The van der Waals surface area contributed by atoms with Crippen molar-refractivity contribution in [3.05, 3.63) is 76.6 Å². The van der Waals surface area contributed by atoms with Crippen molar-refractivity contribution in [1.82, 2.24) is 15.2 Å². The topological polar surface area (TPSA) is 69.3 Å². The smallest absolute Gasteiger partial charge is 0.257 e. The Bertz CT molecular complexity index is 997. The average Bonchev–Trinajstić information content (AvgIpc) is 3.29. The van der Waals surface area contributed by atoms with Crippen LogP contribution in [0.1, 0.15) is 40.5 Å². The molecular weight excluding hydrogens is 410 g/mol. The molecule has 1 atom stereocenters. The molecule has 3 heterocycles. The van der Waals surface area contributed by atoms with Gasteiger partial charge in [0.25, 0.3) is 5.91 Å². The zero-order valence-corrected chi connectivity index (χ0v) is 18.5. The third-order valence-corrected chi connectivity index (χ3v) is 5.98. The first kappa shape index (κ1) is 21.4. The fourth-order valence-corrected chi connectivity index (χ4v) is 4.18. The molecular formula is C24H28ClN5O. The first-order valence-electron chi connectivity index (χ1n) is 10.7. The normalized spacial score (nSPS) is 18.1. The van der Waals surface area contributed by atoms with Crippen LogP contribution in [-0.2, 0) is 0 Å². The van der Waals surface area contributed by atoms with Crippen LogP contribution in [0.5, 0.6) is 0 Å². The second kappa shape index (κ2) is 9.98. The number of allylic oxidation sites excluding steroid dienone is 2. The van der Waals surface area contributed by atoms with Gasteiger partial charge < -0.3 is 20.9 Å². The standard InChI is InChI=1S/C24H28ClN5O/c1-17-19(8-10-23(28-17)27-12-15-30-13-4-5-14-30)24(31)29-18-7-9-21(25)20(16-18)22-6-2-3-11-26-22/h2-3,6-11,16,22,26H,4-5,12-15H2,1H3,(H,27,28)(H,29,31). The van der Waals surface area contributed by atoms with Crippen molar-refractivity contribution < 1.29 is 4.79 Å². The maximum Gasteiger partial charge on any atom is 0.257 e. The van der Waals surface area contributed by atoms with E-state index < -0.39 is 0 Å². The highest BCUT2D eigenvalue weighted by Crippen LogP contribution is 2.28. The minimum absolute atomic E-state index is 0.0244. The van der Waals surface area contributed by atoms with Gasteiger partial charge >= 0.3 is 0 Å². The minimum Gasteiger partial charge on any atom is -0.381 e. The molecule has 31 heavy (non-hydrogen) atoms. The van der Waals surface area contributed by atoms with Gasteiger partial charge in [0.15, 0.2) is 0 Å². The van der Waals surface area contributed by atoms with Gasteiger partial charge in [0.2, 0.25) is 0 Å². The van der Waals surface area contributed by atoms with Crippen molar-refractivity contribution in [2.45, 2.75) is 25.8 Å². The number of hydrogen-bond acceptors (Lipinski definition) is 5. The zero-order valence-electron chi connectivity index (χ0n) is 17.7. The lowest BCUT2D eigenvalue weighted by Gasteiger charge is -2.19. The lowest BCUT2D eigenvalue weighted by molar-refractivity contribution is 0.102. The summed E-state index contributed by atoms with van der Waals surface area (Å²) in [5.41, 5.74) is 2.86. The van der Waals surface area contributed by atoms with Gasteiger partial charge in [-0.05, 0) is 81.0 Å². The van der Waals surface area contributed by atoms with E-state index in [1.165, 1.54) is 25.9 Å². The average molecular weight is 438 g/mol. The molecule has 4 rings (SSSR count). The minimum atomic E-state index is -0.186. The Kier molecular flexibility index (Phi) is 6.89. The number of nitrogens with zero attached hydrogens (tertiary/aromatic N) is 2. The van der Waals surface area contributed by atoms with E-state index in [0.29, 0.717) is 22.0 Å². The van der Waals surface area contributed by atoms with Crippen molar-refractivity contribution in [1.29, 1.82) is 0 Å².